The topological polar surface area (TPSA) is 69.7 Å². The first-order chi connectivity index (χ1) is 13.0. The number of aromatic amines is 1. The van der Waals surface area contributed by atoms with Crippen molar-refractivity contribution in [3.05, 3.63) is 35.5 Å². The molecule has 1 aromatic heterocycles. The summed E-state index contributed by atoms with van der Waals surface area (Å²) in [4.78, 5) is 22.3. The average molecular weight is 498 g/mol. The van der Waals surface area contributed by atoms with Gasteiger partial charge in [0.05, 0.1) is 13.0 Å². The molecule has 2 unspecified atom stereocenters. The Bertz CT molecular complexity index is 833. The second-order valence-electron chi connectivity index (χ2n) is 7.36. The van der Waals surface area contributed by atoms with Gasteiger partial charge >= 0.3 is 5.97 Å². The summed E-state index contributed by atoms with van der Waals surface area (Å²) in [7, 11) is 1.46. The first-order valence-electron chi connectivity index (χ1n) is 9.71. The molecule has 28 heavy (non-hydrogen) atoms. The molecule has 1 aliphatic rings. The standard InChI is InChI=1S/C21H30N4O2.HI/c1-5-22-21(25-12-15(3)18(13-25)20(26)27-4)23-9-8-16-11-24-19-10-14(2)6-7-17(16)19;/h6-7,10-11,15,18,24H,5,8-9,12-13H2,1-4H3,(H,22,23);1H. The molecule has 2 heterocycles. The van der Waals surface area contributed by atoms with Gasteiger partial charge in [-0.15, -0.1) is 24.0 Å². The van der Waals surface area contributed by atoms with E-state index in [-0.39, 0.29) is 41.8 Å². The average Bonchev–Trinajstić information content (AvgIpc) is 3.23. The van der Waals surface area contributed by atoms with Crippen molar-refractivity contribution in [2.45, 2.75) is 27.2 Å². The number of hydrogen-bond donors (Lipinski definition) is 2. The van der Waals surface area contributed by atoms with Gasteiger partial charge in [-0.25, -0.2) is 0 Å². The third-order valence-electron chi connectivity index (χ3n) is 5.32. The molecular formula is C21H31IN4O2. The summed E-state index contributed by atoms with van der Waals surface area (Å²) in [6.07, 6.45) is 2.96. The number of ether oxygens (including phenoxy) is 1. The predicted octanol–water partition coefficient (Wildman–Crippen LogP) is 3.34. The fourth-order valence-electron chi connectivity index (χ4n) is 3.81. The second-order valence-corrected chi connectivity index (χ2v) is 7.36. The van der Waals surface area contributed by atoms with Crippen LogP contribution in [0.25, 0.3) is 10.9 Å². The number of nitrogens with one attached hydrogen (secondary N) is 2. The van der Waals surface area contributed by atoms with E-state index >= 15 is 0 Å². The van der Waals surface area contributed by atoms with E-state index < -0.39 is 0 Å². The first-order valence-corrected chi connectivity index (χ1v) is 9.71. The van der Waals surface area contributed by atoms with Crippen LogP contribution in [0.15, 0.2) is 29.4 Å². The molecule has 0 spiro atoms. The van der Waals surface area contributed by atoms with E-state index in [0.29, 0.717) is 13.1 Å². The van der Waals surface area contributed by atoms with E-state index in [9.17, 15) is 4.79 Å². The summed E-state index contributed by atoms with van der Waals surface area (Å²) in [6.45, 7) is 9.25. The molecule has 1 aliphatic heterocycles. The molecule has 2 aromatic rings. The van der Waals surface area contributed by atoms with Crippen LogP contribution >= 0.6 is 24.0 Å². The molecule has 0 saturated carbocycles. The fourth-order valence-corrected chi connectivity index (χ4v) is 3.81. The molecule has 0 radical (unpaired) electrons. The molecule has 1 aromatic carbocycles. The van der Waals surface area contributed by atoms with Gasteiger partial charge in [-0.05, 0) is 43.4 Å². The number of esters is 1. The van der Waals surface area contributed by atoms with Gasteiger partial charge in [0.25, 0.3) is 0 Å². The number of methoxy groups -OCH3 is 1. The number of likely N-dealkylation sites (tertiary alicyclic amines) is 1. The molecule has 2 N–H and O–H groups in total. The number of aliphatic imine (C=N–C) groups is 1. The van der Waals surface area contributed by atoms with E-state index in [2.05, 4.69) is 60.4 Å². The Morgan fingerprint density at radius 1 is 1.39 bits per heavy atom. The highest BCUT2D eigenvalue weighted by molar-refractivity contribution is 14.0. The number of aromatic nitrogens is 1. The molecule has 0 bridgehead atoms. The third kappa shape index (κ3) is 4.98. The highest BCUT2D eigenvalue weighted by Crippen LogP contribution is 2.24. The molecule has 0 amide bonds. The normalized spacial score (nSPS) is 19.6. The number of fused-ring (bicyclic) bond motifs is 1. The van der Waals surface area contributed by atoms with Crippen molar-refractivity contribution in [1.29, 1.82) is 0 Å². The van der Waals surface area contributed by atoms with Crippen molar-refractivity contribution in [2.75, 3.05) is 33.3 Å². The molecule has 7 heteroatoms. The van der Waals surface area contributed by atoms with Gasteiger partial charge < -0.3 is 19.9 Å². The van der Waals surface area contributed by atoms with E-state index in [1.807, 2.05) is 0 Å². The number of benzene rings is 1. The molecule has 1 saturated heterocycles. The van der Waals surface area contributed by atoms with Crippen LogP contribution in [0.5, 0.6) is 0 Å². The minimum absolute atomic E-state index is 0. The van der Waals surface area contributed by atoms with Crippen LogP contribution in [0.3, 0.4) is 0 Å². The predicted molar refractivity (Wildman–Crippen MR) is 124 cm³/mol. The minimum Gasteiger partial charge on any atom is -0.469 e. The van der Waals surface area contributed by atoms with E-state index in [0.717, 1.165) is 25.5 Å². The maximum Gasteiger partial charge on any atom is 0.310 e. The molecule has 1 fully saturated rings. The number of hydrogen-bond acceptors (Lipinski definition) is 3. The Morgan fingerprint density at radius 3 is 2.89 bits per heavy atom. The first kappa shape index (κ1) is 22.5. The maximum absolute atomic E-state index is 12.0. The SMILES string of the molecule is CCNC(=NCCc1c[nH]c2cc(C)ccc12)N1CC(C)C(C(=O)OC)C1.I. The molecule has 154 valence electrons. The number of nitrogens with zero attached hydrogens (tertiary/aromatic N) is 2. The third-order valence-corrected chi connectivity index (χ3v) is 5.32. The Kier molecular flexibility index (Phi) is 8.15. The monoisotopic (exact) mass is 498 g/mol. The highest BCUT2D eigenvalue weighted by Gasteiger charge is 2.36. The van der Waals surface area contributed by atoms with E-state index in [4.69, 9.17) is 9.73 Å². The van der Waals surface area contributed by atoms with Crippen LogP contribution in [-0.4, -0.2) is 55.1 Å². The van der Waals surface area contributed by atoms with Crippen molar-refractivity contribution in [1.82, 2.24) is 15.2 Å². The maximum atomic E-state index is 12.0. The number of carbonyl (C=O) groups is 1. The Morgan fingerprint density at radius 2 is 2.18 bits per heavy atom. The lowest BCUT2D eigenvalue weighted by atomic mass is 9.99. The van der Waals surface area contributed by atoms with Crippen LogP contribution < -0.4 is 5.32 Å². The summed E-state index contributed by atoms with van der Waals surface area (Å²) in [6, 6.07) is 6.49. The van der Waals surface area contributed by atoms with Crippen molar-refractivity contribution in [3.63, 3.8) is 0 Å². The zero-order valence-electron chi connectivity index (χ0n) is 17.1. The van der Waals surface area contributed by atoms with Crippen molar-refractivity contribution < 1.29 is 9.53 Å². The van der Waals surface area contributed by atoms with Gasteiger partial charge in [0.15, 0.2) is 5.96 Å². The number of halogens is 1. The summed E-state index contributed by atoms with van der Waals surface area (Å²) in [5.41, 5.74) is 3.72. The van der Waals surface area contributed by atoms with Gasteiger partial charge in [0.1, 0.15) is 0 Å². The van der Waals surface area contributed by atoms with Crippen LogP contribution in [-0.2, 0) is 16.0 Å². The second kappa shape index (κ2) is 10.1. The van der Waals surface area contributed by atoms with E-state index in [1.54, 1.807) is 0 Å². The van der Waals surface area contributed by atoms with E-state index in [1.165, 1.54) is 29.1 Å². The molecular weight excluding hydrogens is 467 g/mol. The van der Waals surface area contributed by atoms with Crippen LogP contribution in [0, 0.1) is 18.8 Å². The van der Waals surface area contributed by atoms with Crippen molar-refractivity contribution >= 4 is 46.8 Å². The fraction of sp³-hybridized carbons (Fsp3) is 0.524. The molecule has 2 atom stereocenters. The van der Waals surface area contributed by atoms with Crippen molar-refractivity contribution in [2.24, 2.45) is 16.8 Å². The van der Waals surface area contributed by atoms with Crippen LogP contribution in [0.2, 0.25) is 0 Å². The van der Waals surface area contributed by atoms with Gasteiger partial charge in [-0.3, -0.25) is 9.79 Å². The molecule has 0 aliphatic carbocycles. The Balaban J connectivity index is 0.00000280. The lowest BCUT2D eigenvalue weighted by Crippen LogP contribution is -2.40. The molecule has 6 nitrogen and oxygen atoms in total. The molecule has 3 rings (SSSR count). The van der Waals surface area contributed by atoms with Crippen LogP contribution in [0.4, 0.5) is 0 Å². The zero-order chi connectivity index (χ0) is 19.4. The van der Waals surface area contributed by atoms with Gasteiger partial charge in [-0.2, -0.15) is 0 Å². The van der Waals surface area contributed by atoms with Gasteiger partial charge in [0.2, 0.25) is 0 Å². The highest BCUT2D eigenvalue weighted by atomic mass is 127. The summed E-state index contributed by atoms with van der Waals surface area (Å²) in [5.74, 6) is 0.926. The Hall–Kier alpha value is -1.77. The minimum atomic E-state index is -0.130. The smallest absolute Gasteiger partial charge is 0.310 e. The quantitative estimate of drug-likeness (QED) is 0.287. The summed E-state index contributed by atoms with van der Waals surface area (Å²) in [5, 5.41) is 4.63. The lowest BCUT2D eigenvalue weighted by Gasteiger charge is -2.21. The summed E-state index contributed by atoms with van der Waals surface area (Å²) >= 11 is 0. The Labute approximate surface area is 184 Å². The number of aryl methyl sites for hydroxylation is 1. The zero-order valence-corrected chi connectivity index (χ0v) is 19.4. The number of rotatable bonds is 5. The number of H-pyrrole nitrogens is 1. The van der Waals surface area contributed by atoms with Crippen LogP contribution in [0.1, 0.15) is 25.0 Å². The van der Waals surface area contributed by atoms with Crippen molar-refractivity contribution in [3.8, 4) is 0 Å². The lowest BCUT2D eigenvalue weighted by molar-refractivity contribution is -0.145. The van der Waals surface area contributed by atoms with Gasteiger partial charge in [-0.1, -0.05) is 19.1 Å². The summed E-state index contributed by atoms with van der Waals surface area (Å²) < 4.78 is 4.94. The van der Waals surface area contributed by atoms with Gasteiger partial charge in [0, 0.05) is 43.3 Å². The largest absolute Gasteiger partial charge is 0.469 e. The number of carbonyl (C=O) groups excluding carboxylic acids is 1. The number of guanidine groups is 1.